The van der Waals surface area contributed by atoms with Gasteiger partial charge in [-0.3, -0.25) is 4.79 Å². The SMILES string of the molecule is C=C/C=C(\C=C)CCCC(=O)OCC. The Morgan fingerprint density at radius 3 is 2.57 bits per heavy atom. The fourth-order valence-corrected chi connectivity index (χ4v) is 1.07. The van der Waals surface area contributed by atoms with E-state index in [0.717, 1.165) is 18.4 Å². The van der Waals surface area contributed by atoms with Crippen molar-refractivity contribution in [3.63, 3.8) is 0 Å². The van der Waals surface area contributed by atoms with Gasteiger partial charge < -0.3 is 4.74 Å². The minimum Gasteiger partial charge on any atom is -0.466 e. The van der Waals surface area contributed by atoms with Gasteiger partial charge in [-0.2, -0.15) is 0 Å². The van der Waals surface area contributed by atoms with Gasteiger partial charge in [-0.05, 0) is 25.3 Å². The molecule has 0 unspecified atom stereocenters. The van der Waals surface area contributed by atoms with E-state index in [1.165, 1.54) is 0 Å². The van der Waals surface area contributed by atoms with Gasteiger partial charge in [0.25, 0.3) is 0 Å². The lowest BCUT2D eigenvalue weighted by Gasteiger charge is -2.02. The molecule has 0 saturated carbocycles. The number of ether oxygens (including phenoxy) is 1. The number of carbonyl (C=O) groups is 1. The number of rotatable bonds is 7. The maximum absolute atomic E-state index is 11.0. The predicted octanol–water partition coefficient (Wildman–Crippen LogP) is 3.02. The summed E-state index contributed by atoms with van der Waals surface area (Å²) in [5, 5.41) is 0. The van der Waals surface area contributed by atoms with Crippen LogP contribution in [0.1, 0.15) is 26.2 Å². The first-order chi connectivity index (χ1) is 6.74. The highest BCUT2D eigenvalue weighted by Crippen LogP contribution is 2.08. The normalized spacial score (nSPS) is 10.8. The molecule has 0 amide bonds. The topological polar surface area (TPSA) is 26.3 Å². The summed E-state index contributed by atoms with van der Waals surface area (Å²) >= 11 is 0. The Morgan fingerprint density at radius 2 is 2.07 bits per heavy atom. The highest BCUT2D eigenvalue weighted by molar-refractivity contribution is 5.69. The van der Waals surface area contributed by atoms with Crippen LogP contribution in [0.4, 0.5) is 0 Å². The number of hydrogen-bond donors (Lipinski definition) is 0. The Hall–Kier alpha value is -1.31. The van der Waals surface area contributed by atoms with E-state index in [0.29, 0.717) is 13.0 Å². The van der Waals surface area contributed by atoms with Gasteiger partial charge in [0.15, 0.2) is 0 Å². The van der Waals surface area contributed by atoms with Crippen molar-refractivity contribution < 1.29 is 9.53 Å². The average molecular weight is 194 g/mol. The number of allylic oxidation sites excluding steroid dienone is 4. The van der Waals surface area contributed by atoms with Crippen LogP contribution in [-0.2, 0) is 9.53 Å². The van der Waals surface area contributed by atoms with Gasteiger partial charge in [-0.25, -0.2) is 0 Å². The summed E-state index contributed by atoms with van der Waals surface area (Å²) in [5.74, 6) is -0.130. The van der Waals surface area contributed by atoms with Gasteiger partial charge in [0.2, 0.25) is 0 Å². The van der Waals surface area contributed by atoms with Crippen molar-refractivity contribution in [3.05, 3.63) is 37.0 Å². The van der Waals surface area contributed by atoms with Crippen molar-refractivity contribution in [2.24, 2.45) is 0 Å². The van der Waals surface area contributed by atoms with Gasteiger partial charge in [0.1, 0.15) is 0 Å². The first-order valence-corrected chi connectivity index (χ1v) is 4.84. The van der Waals surface area contributed by atoms with Crippen LogP contribution in [0.25, 0.3) is 0 Å². The van der Waals surface area contributed by atoms with E-state index in [9.17, 15) is 4.79 Å². The van der Waals surface area contributed by atoms with Crippen molar-refractivity contribution >= 4 is 5.97 Å². The summed E-state index contributed by atoms with van der Waals surface area (Å²) < 4.78 is 4.81. The molecule has 2 nitrogen and oxygen atoms in total. The molecule has 0 bridgehead atoms. The number of hydrogen-bond acceptors (Lipinski definition) is 2. The molecule has 0 aliphatic rings. The molecule has 0 aromatic rings. The van der Waals surface area contributed by atoms with E-state index in [1.807, 2.05) is 13.0 Å². The summed E-state index contributed by atoms with van der Waals surface area (Å²) in [6.07, 6.45) is 7.52. The zero-order chi connectivity index (χ0) is 10.8. The van der Waals surface area contributed by atoms with Gasteiger partial charge in [0, 0.05) is 6.42 Å². The van der Waals surface area contributed by atoms with Crippen LogP contribution in [-0.4, -0.2) is 12.6 Å². The average Bonchev–Trinajstić information content (AvgIpc) is 2.17. The van der Waals surface area contributed by atoms with Gasteiger partial charge >= 0.3 is 5.97 Å². The smallest absolute Gasteiger partial charge is 0.305 e. The highest BCUT2D eigenvalue weighted by Gasteiger charge is 2.01. The number of esters is 1. The minimum atomic E-state index is -0.130. The molecule has 0 spiro atoms. The van der Waals surface area contributed by atoms with Crippen LogP contribution in [0.5, 0.6) is 0 Å². The molecular formula is C12H18O2. The van der Waals surface area contributed by atoms with Crippen LogP contribution >= 0.6 is 0 Å². The lowest BCUT2D eigenvalue weighted by molar-refractivity contribution is -0.143. The highest BCUT2D eigenvalue weighted by atomic mass is 16.5. The summed E-state index contributed by atoms with van der Waals surface area (Å²) in [6.45, 7) is 9.55. The number of carbonyl (C=O) groups excluding carboxylic acids is 1. The van der Waals surface area contributed by atoms with Crippen LogP contribution < -0.4 is 0 Å². The molecule has 0 fully saturated rings. The quantitative estimate of drug-likeness (QED) is 0.460. The summed E-state index contributed by atoms with van der Waals surface area (Å²) in [7, 11) is 0. The Balaban J connectivity index is 3.71. The van der Waals surface area contributed by atoms with Crippen LogP contribution in [0.2, 0.25) is 0 Å². The Kier molecular flexibility index (Phi) is 7.52. The lowest BCUT2D eigenvalue weighted by atomic mass is 10.1. The molecule has 0 heterocycles. The zero-order valence-electron chi connectivity index (χ0n) is 8.79. The van der Waals surface area contributed by atoms with Crippen molar-refractivity contribution in [1.82, 2.24) is 0 Å². The molecule has 0 aliphatic heterocycles. The van der Waals surface area contributed by atoms with Crippen molar-refractivity contribution in [1.29, 1.82) is 0 Å². The summed E-state index contributed by atoms with van der Waals surface area (Å²) in [5.41, 5.74) is 1.10. The molecule has 0 aromatic carbocycles. The van der Waals surface area contributed by atoms with Crippen molar-refractivity contribution in [2.75, 3.05) is 6.61 Å². The molecule has 78 valence electrons. The Labute approximate surface area is 86.0 Å². The maximum atomic E-state index is 11.0. The fraction of sp³-hybridized carbons (Fsp3) is 0.417. The monoisotopic (exact) mass is 194 g/mol. The van der Waals surface area contributed by atoms with E-state index in [4.69, 9.17) is 4.74 Å². The summed E-state index contributed by atoms with van der Waals surface area (Å²) in [4.78, 5) is 11.0. The first-order valence-electron chi connectivity index (χ1n) is 4.84. The predicted molar refractivity (Wildman–Crippen MR) is 59.0 cm³/mol. The van der Waals surface area contributed by atoms with Gasteiger partial charge in [0.05, 0.1) is 6.61 Å². The third kappa shape index (κ3) is 6.23. The van der Waals surface area contributed by atoms with Crippen molar-refractivity contribution in [2.45, 2.75) is 26.2 Å². The van der Waals surface area contributed by atoms with E-state index in [1.54, 1.807) is 12.2 Å². The third-order valence-corrected chi connectivity index (χ3v) is 1.75. The molecule has 0 saturated heterocycles. The second kappa shape index (κ2) is 8.30. The van der Waals surface area contributed by atoms with Crippen LogP contribution in [0, 0.1) is 0 Å². The van der Waals surface area contributed by atoms with Crippen LogP contribution in [0.15, 0.2) is 37.0 Å². The maximum Gasteiger partial charge on any atom is 0.305 e. The lowest BCUT2D eigenvalue weighted by Crippen LogP contribution is -2.03. The molecule has 14 heavy (non-hydrogen) atoms. The molecule has 0 N–H and O–H groups in total. The first kappa shape index (κ1) is 12.7. The second-order valence-corrected chi connectivity index (χ2v) is 2.84. The van der Waals surface area contributed by atoms with Gasteiger partial charge in [-0.15, -0.1) is 0 Å². The minimum absolute atomic E-state index is 0.130. The molecule has 0 rings (SSSR count). The van der Waals surface area contributed by atoms with E-state index >= 15 is 0 Å². The largest absolute Gasteiger partial charge is 0.466 e. The molecule has 2 heteroatoms. The molecule has 0 aliphatic carbocycles. The third-order valence-electron chi connectivity index (χ3n) is 1.75. The van der Waals surface area contributed by atoms with Crippen LogP contribution in [0.3, 0.4) is 0 Å². The summed E-state index contributed by atoms with van der Waals surface area (Å²) in [6, 6.07) is 0. The van der Waals surface area contributed by atoms with Crippen molar-refractivity contribution in [3.8, 4) is 0 Å². The standard InChI is InChI=1S/C12H18O2/c1-4-8-11(5-2)9-7-10-12(13)14-6-3/h4-5,8H,1-2,6-7,9-10H2,3H3/b11-8+. The van der Waals surface area contributed by atoms with E-state index in [2.05, 4.69) is 13.2 Å². The molecule has 0 aromatic heterocycles. The Morgan fingerprint density at radius 1 is 1.36 bits per heavy atom. The molecular weight excluding hydrogens is 176 g/mol. The van der Waals surface area contributed by atoms with E-state index < -0.39 is 0 Å². The molecule has 0 radical (unpaired) electrons. The molecule has 0 atom stereocenters. The Bertz CT molecular complexity index is 226. The van der Waals surface area contributed by atoms with Gasteiger partial charge in [-0.1, -0.05) is 31.4 Å². The zero-order valence-corrected chi connectivity index (χ0v) is 8.79. The second-order valence-electron chi connectivity index (χ2n) is 2.84. The fourth-order valence-electron chi connectivity index (χ4n) is 1.07. The van der Waals surface area contributed by atoms with E-state index in [-0.39, 0.29) is 5.97 Å².